The quantitative estimate of drug-likeness (QED) is 0.454. The molecule has 0 saturated heterocycles. The standard InChI is InChI=1S/C14H10IN3O5/c1-8-10(6-9(17(20)21)7-13(8)18(22)23)14(19)16-12-5-3-2-4-11(12)15/h2-7H,1H3,(H,16,19). The highest BCUT2D eigenvalue weighted by molar-refractivity contribution is 14.1. The van der Waals surface area contributed by atoms with Gasteiger partial charge < -0.3 is 5.32 Å². The first-order valence-corrected chi connectivity index (χ1v) is 7.38. The summed E-state index contributed by atoms with van der Waals surface area (Å²) in [5.74, 6) is -0.640. The summed E-state index contributed by atoms with van der Waals surface area (Å²) >= 11 is 2.03. The lowest BCUT2D eigenvalue weighted by atomic mass is 10.0. The first kappa shape index (κ1) is 16.8. The van der Waals surface area contributed by atoms with E-state index in [2.05, 4.69) is 5.32 Å². The zero-order chi connectivity index (χ0) is 17.1. The molecule has 0 spiro atoms. The van der Waals surface area contributed by atoms with Crippen LogP contribution in [0.2, 0.25) is 0 Å². The van der Waals surface area contributed by atoms with Crippen LogP contribution >= 0.6 is 22.6 Å². The molecule has 0 radical (unpaired) electrons. The number of non-ortho nitro benzene ring substituents is 1. The number of nitro benzene ring substituents is 2. The predicted molar refractivity (Wildman–Crippen MR) is 91.6 cm³/mol. The fraction of sp³-hybridized carbons (Fsp3) is 0.0714. The van der Waals surface area contributed by atoms with E-state index in [9.17, 15) is 25.0 Å². The van der Waals surface area contributed by atoms with Gasteiger partial charge in [-0.05, 0) is 41.6 Å². The number of halogens is 1. The average molecular weight is 427 g/mol. The summed E-state index contributed by atoms with van der Waals surface area (Å²) in [7, 11) is 0. The Morgan fingerprint density at radius 2 is 1.78 bits per heavy atom. The number of para-hydroxylation sites is 1. The van der Waals surface area contributed by atoms with Crippen LogP contribution in [0.3, 0.4) is 0 Å². The van der Waals surface area contributed by atoms with Crippen molar-refractivity contribution in [1.82, 2.24) is 0 Å². The molecule has 2 aromatic rings. The molecule has 8 nitrogen and oxygen atoms in total. The Labute approximate surface area is 143 Å². The smallest absolute Gasteiger partial charge is 0.279 e. The summed E-state index contributed by atoms with van der Waals surface area (Å²) in [5.41, 5.74) is -0.483. The molecule has 0 bridgehead atoms. The van der Waals surface area contributed by atoms with Crippen LogP contribution in [0.5, 0.6) is 0 Å². The van der Waals surface area contributed by atoms with Crippen molar-refractivity contribution in [2.75, 3.05) is 5.32 Å². The van der Waals surface area contributed by atoms with Crippen LogP contribution in [-0.4, -0.2) is 15.8 Å². The largest absolute Gasteiger partial charge is 0.321 e. The van der Waals surface area contributed by atoms with E-state index < -0.39 is 27.1 Å². The van der Waals surface area contributed by atoms with Gasteiger partial charge in [-0.25, -0.2) is 0 Å². The second kappa shape index (κ2) is 6.69. The molecule has 23 heavy (non-hydrogen) atoms. The Balaban J connectivity index is 2.49. The molecule has 0 fully saturated rings. The van der Waals surface area contributed by atoms with Crippen molar-refractivity contribution >= 4 is 45.6 Å². The molecule has 118 valence electrons. The lowest BCUT2D eigenvalue weighted by molar-refractivity contribution is -0.394. The number of nitrogens with zero attached hydrogens (tertiary/aromatic N) is 2. The number of nitrogens with one attached hydrogen (secondary N) is 1. The van der Waals surface area contributed by atoms with Crippen LogP contribution in [0.15, 0.2) is 36.4 Å². The minimum absolute atomic E-state index is 0.0732. The monoisotopic (exact) mass is 427 g/mol. The summed E-state index contributed by atoms with van der Waals surface area (Å²) < 4.78 is 0.774. The summed E-state index contributed by atoms with van der Waals surface area (Å²) in [4.78, 5) is 32.8. The number of carbonyl (C=O) groups is 1. The second-order valence-electron chi connectivity index (χ2n) is 4.59. The summed E-state index contributed by atoms with van der Waals surface area (Å²) in [6, 6.07) is 8.84. The first-order valence-electron chi connectivity index (χ1n) is 6.30. The normalized spacial score (nSPS) is 10.2. The van der Waals surface area contributed by atoms with Crippen molar-refractivity contribution in [3.8, 4) is 0 Å². The van der Waals surface area contributed by atoms with E-state index >= 15 is 0 Å². The Bertz CT molecular complexity index is 822. The number of anilines is 1. The van der Waals surface area contributed by atoms with Crippen LogP contribution in [0.25, 0.3) is 0 Å². The second-order valence-corrected chi connectivity index (χ2v) is 5.75. The topological polar surface area (TPSA) is 115 Å². The van der Waals surface area contributed by atoms with Gasteiger partial charge in [0.2, 0.25) is 0 Å². The third-order valence-corrected chi connectivity index (χ3v) is 4.08. The molecular formula is C14H10IN3O5. The van der Waals surface area contributed by atoms with E-state index in [4.69, 9.17) is 0 Å². The van der Waals surface area contributed by atoms with E-state index in [-0.39, 0.29) is 11.1 Å². The number of rotatable bonds is 4. The van der Waals surface area contributed by atoms with Crippen molar-refractivity contribution in [2.24, 2.45) is 0 Å². The molecule has 0 aliphatic rings. The van der Waals surface area contributed by atoms with Crippen LogP contribution in [0, 0.1) is 30.7 Å². The van der Waals surface area contributed by atoms with Crippen molar-refractivity contribution < 1.29 is 14.6 Å². The molecular weight excluding hydrogens is 417 g/mol. The van der Waals surface area contributed by atoms with E-state index in [1.807, 2.05) is 22.6 Å². The molecule has 0 aliphatic heterocycles. The highest BCUT2D eigenvalue weighted by Crippen LogP contribution is 2.29. The zero-order valence-corrected chi connectivity index (χ0v) is 13.9. The number of benzene rings is 2. The number of hydrogen-bond donors (Lipinski definition) is 1. The third-order valence-electron chi connectivity index (χ3n) is 3.14. The van der Waals surface area contributed by atoms with Gasteiger partial charge in [0.15, 0.2) is 0 Å². The molecule has 9 heteroatoms. The zero-order valence-electron chi connectivity index (χ0n) is 11.8. The Kier molecular flexibility index (Phi) is 4.89. The van der Waals surface area contributed by atoms with E-state index in [0.717, 1.165) is 15.7 Å². The Morgan fingerprint density at radius 3 is 2.35 bits per heavy atom. The van der Waals surface area contributed by atoms with E-state index in [1.165, 1.54) is 6.92 Å². The lowest BCUT2D eigenvalue weighted by Gasteiger charge is -2.09. The van der Waals surface area contributed by atoms with Gasteiger partial charge in [-0.1, -0.05) is 12.1 Å². The average Bonchev–Trinajstić information content (AvgIpc) is 2.49. The third kappa shape index (κ3) is 3.62. The molecule has 1 N–H and O–H groups in total. The maximum Gasteiger partial charge on any atom is 0.279 e. The highest BCUT2D eigenvalue weighted by Gasteiger charge is 2.24. The Hall–Kier alpha value is -2.56. The van der Waals surface area contributed by atoms with Gasteiger partial charge in [-0.15, -0.1) is 0 Å². The molecule has 0 aliphatic carbocycles. The Morgan fingerprint density at radius 1 is 1.13 bits per heavy atom. The van der Waals surface area contributed by atoms with Crippen LogP contribution < -0.4 is 5.32 Å². The molecule has 0 unspecified atom stereocenters. The summed E-state index contributed by atoms with van der Waals surface area (Å²) in [6.45, 7) is 1.38. The van der Waals surface area contributed by atoms with Crippen LogP contribution in [0.1, 0.15) is 15.9 Å². The number of carbonyl (C=O) groups excluding carboxylic acids is 1. The fourth-order valence-corrected chi connectivity index (χ4v) is 2.49. The van der Waals surface area contributed by atoms with Crippen molar-refractivity contribution in [1.29, 1.82) is 0 Å². The van der Waals surface area contributed by atoms with Crippen LogP contribution in [-0.2, 0) is 0 Å². The van der Waals surface area contributed by atoms with Crippen molar-refractivity contribution in [2.45, 2.75) is 6.92 Å². The predicted octanol–water partition coefficient (Wildman–Crippen LogP) is 3.67. The van der Waals surface area contributed by atoms with Gasteiger partial charge in [-0.3, -0.25) is 25.0 Å². The van der Waals surface area contributed by atoms with Gasteiger partial charge in [0.25, 0.3) is 17.3 Å². The van der Waals surface area contributed by atoms with Crippen molar-refractivity contribution in [3.63, 3.8) is 0 Å². The van der Waals surface area contributed by atoms with Gasteiger partial charge in [0.05, 0.1) is 27.2 Å². The minimum Gasteiger partial charge on any atom is -0.321 e. The van der Waals surface area contributed by atoms with Gasteiger partial charge >= 0.3 is 0 Å². The first-order chi connectivity index (χ1) is 10.8. The molecule has 0 saturated carbocycles. The molecule has 2 aromatic carbocycles. The van der Waals surface area contributed by atoms with E-state index in [0.29, 0.717) is 5.69 Å². The molecule has 1 amide bonds. The van der Waals surface area contributed by atoms with E-state index in [1.54, 1.807) is 24.3 Å². The number of nitro groups is 2. The van der Waals surface area contributed by atoms with Gasteiger partial charge in [0.1, 0.15) is 0 Å². The van der Waals surface area contributed by atoms with Gasteiger partial charge in [-0.2, -0.15) is 0 Å². The number of amides is 1. The maximum absolute atomic E-state index is 12.4. The summed E-state index contributed by atoms with van der Waals surface area (Å²) in [5, 5.41) is 24.6. The number of hydrogen-bond acceptors (Lipinski definition) is 5. The minimum atomic E-state index is -0.768. The van der Waals surface area contributed by atoms with Gasteiger partial charge in [0, 0.05) is 15.2 Å². The maximum atomic E-state index is 12.4. The fourth-order valence-electron chi connectivity index (χ4n) is 1.97. The molecule has 0 atom stereocenters. The van der Waals surface area contributed by atoms with Crippen LogP contribution in [0.4, 0.5) is 17.1 Å². The molecule has 0 heterocycles. The molecule has 0 aromatic heterocycles. The molecule has 2 rings (SSSR count). The lowest BCUT2D eigenvalue weighted by Crippen LogP contribution is -2.15. The SMILES string of the molecule is Cc1c(C(=O)Nc2ccccc2I)cc([N+](=O)[O-])cc1[N+](=O)[O-]. The summed E-state index contributed by atoms with van der Waals surface area (Å²) in [6.07, 6.45) is 0. The highest BCUT2D eigenvalue weighted by atomic mass is 127. The van der Waals surface area contributed by atoms with Crippen molar-refractivity contribution in [3.05, 3.63) is 71.3 Å².